The molecule has 0 unspecified atom stereocenters. The van der Waals surface area contributed by atoms with Crippen molar-refractivity contribution in [1.29, 1.82) is 0 Å². The Balaban J connectivity index is 1.75. The van der Waals surface area contributed by atoms with Gasteiger partial charge in [0.2, 0.25) is 0 Å². The van der Waals surface area contributed by atoms with Crippen LogP contribution < -0.4 is 0 Å². The first-order chi connectivity index (χ1) is 7.90. The molecule has 1 fully saturated rings. The van der Waals surface area contributed by atoms with Crippen LogP contribution in [0, 0.1) is 11.8 Å². The van der Waals surface area contributed by atoms with E-state index in [1.807, 2.05) is 30.3 Å². The standard InChI is InChI=1S/C14H16O2/c15-11-5-4-8-13-14(16-13)10-9-12-6-2-1-3-7-12/h1-3,6-7,13-15H,4-5,8,11H2/t13-,14+/m1/s1. The van der Waals surface area contributed by atoms with Crippen LogP contribution in [0.15, 0.2) is 30.3 Å². The molecule has 1 saturated heterocycles. The Labute approximate surface area is 96.3 Å². The molecule has 1 aliphatic heterocycles. The quantitative estimate of drug-likeness (QED) is 0.474. The van der Waals surface area contributed by atoms with Gasteiger partial charge in [0, 0.05) is 12.2 Å². The summed E-state index contributed by atoms with van der Waals surface area (Å²) in [7, 11) is 0. The lowest BCUT2D eigenvalue weighted by atomic mass is 10.1. The van der Waals surface area contributed by atoms with Gasteiger partial charge in [0.25, 0.3) is 0 Å². The van der Waals surface area contributed by atoms with Crippen LogP contribution in [0.1, 0.15) is 24.8 Å². The first-order valence-electron chi connectivity index (χ1n) is 5.73. The van der Waals surface area contributed by atoms with Gasteiger partial charge in [0.05, 0.1) is 6.10 Å². The fraction of sp³-hybridized carbons (Fsp3) is 0.429. The molecule has 16 heavy (non-hydrogen) atoms. The summed E-state index contributed by atoms with van der Waals surface area (Å²) in [6.45, 7) is 0.271. The molecular formula is C14H16O2. The molecule has 1 N–H and O–H groups in total. The fourth-order valence-corrected chi connectivity index (χ4v) is 1.62. The van der Waals surface area contributed by atoms with E-state index in [0.717, 1.165) is 24.8 Å². The van der Waals surface area contributed by atoms with Crippen LogP contribution in [-0.4, -0.2) is 23.9 Å². The molecule has 0 aliphatic carbocycles. The number of unbranched alkanes of at least 4 members (excludes halogenated alkanes) is 1. The molecule has 0 amide bonds. The van der Waals surface area contributed by atoms with Gasteiger partial charge >= 0.3 is 0 Å². The third-order valence-electron chi connectivity index (χ3n) is 2.61. The van der Waals surface area contributed by atoms with Crippen molar-refractivity contribution in [3.8, 4) is 11.8 Å². The second-order valence-electron chi connectivity index (χ2n) is 3.95. The molecule has 0 aromatic heterocycles. The van der Waals surface area contributed by atoms with Gasteiger partial charge in [0.15, 0.2) is 0 Å². The summed E-state index contributed by atoms with van der Waals surface area (Å²) in [5.41, 5.74) is 1.03. The van der Waals surface area contributed by atoms with Gasteiger partial charge in [-0.25, -0.2) is 0 Å². The van der Waals surface area contributed by atoms with Crippen LogP contribution in [0.3, 0.4) is 0 Å². The lowest BCUT2D eigenvalue weighted by Crippen LogP contribution is -1.92. The van der Waals surface area contributed by atoms with E-state index in [9.17, 15) is 0 Å². The van der Waals surface area contributed by atoms with Crippen LogP contribution in [0.2, 0.25) is 0 Å². The van der Waals surface area contributed by atoms with Gasteiger partial charge in [-0.1, -0.05) is 30.0 Å². The van der Waals surface area contributed by atoms with Gasteiger partial charge in [0.1, 0.15) is 6.10 Å². The molecule has 2 heteroatoms. The van der Waals surface area contributed by atoms with Crippen molar-refractivity contribution < 1.29 is 9.84 Å². The molecule has 0 bridgehead atoms. The maximum atomic E-state index is 8.65. The number of epoxide rings is 1. The monoisotopic (exact) mass is 216 g/mol. The van der Waals surface area contributed by atoms with Crippen LogP contribution in [-0.2, 0) is 4.74 Å². The highest BCUT2D eigenvalue weighted by molar-refractivity contribution is 5.35. The highest BCUT2D eigenvalue weighted by Crippen LogP contribution is 2.26. The number of hydrogen-bond donors (Lipinski definition) is 1. The Bertz CT molecular complexity index is 375. The van der Waals surface area contributed by atoms with Crippen molar-refractivity contribution in [2.45, 2.75) is 31.5 Å². The molecule has 1 aromatic carbocycles. The topological polar surface area (TPSA) is 32.8 Å². The summed E-state index contributed by atoms with van der Waals surface area (Å²) in [6, 6.07) is 9.94. The largest absolute Gasteiger partial charge is 0.396 e. The Morgan fingerprint density at radius 2 is 2.00 bits per heavy atom. The maximum absolute atomic E-state index is 8.65. The lowest BCUT2D eigenvalue weighted by Gasteiger charge is -1.91. The minimum atomic E-state index is 0.110. The van der Waals surface area contributed by atoms with Gasteiger partial charge in [-0.05, 0) is 31.4 Å². The van der Waals surface area contributed by atoms with Gasteiger partial charge in [-0.15, -0.1) is 0 Å². The minimum Gasteiger partial charge on any atom is -0.396 e. The zero-order valence-electron chi connectivity index (χ0n) is 9.23. The van der Waals surface area contributed by atoms with Gasteiger partial charge < -0.3 is 9.84 Å². The molecule has 0 saturated carbocycles. The SMILES string of the molecule is OCCCC[C@H]1O[C@H]1C#Cc1ccccc1. The van der Waals surface area contributed by atoms with E-state index in [4.69, 9.17) is 9.84 Å². The van der Waals surface area contributed by atoms with Crippen molar-refractivity contribution in [2.75, 3.05) is 6.61 Å². The first kappa shape index (κ1) is 11.2. The molecule has 1 aliphatic rings. The number of aliphatic hydroxyl groups is 1. The van der Waals surface area contributed by atoms with E-state index in [2.05, 4.69) is 11.8 Å². The molecule has 0 radical (unpaired) electrons. The Kier molecular flexibility index (Phi) is 3.98. The fourth-order valence-electron chi connectivity index (χ4n) is 1.62. The van der Waals surface area contributed by atoms with Gasteiger partial charge in [-0.2, -0.15) is 0 Å². The summed E-state index contributed by atoms with van der Waals surface area (Å²) in [4.78, 5) is 0. The van der Waals surface area contributed by atoms with E-state index in [0.29, 0.717) is 6.10 Å². The zero-order valence-corrected chi connectivity index (χ0v) is 9.23. The molecule has 1 aromatic rings. The van der Waals surface area contributed by atoms with Crippen molar-refractivity contribution in [2.24, 2.45) is 0 Å². The van der Waals surface area contributed by atoms with Crippen molar-refractivity contribution in [3.63, 3.8) is 0 Å². The number of hydrogen-bond acceptors (Lipinski definition) is 2. The van der Waals surface area contributed by atoms with Crippen molar-refractivity contribution in [1.82, 2.24) is 0 Å². The zero-order chi connectivity index (χ0) is 11.2. The second kappa shape index (κ2) is 5.69. The third-order valence-corrected chi connectivity index (χ3v) is 2.61. The van der Waals surface area contributed by atoms with Crippen LogP contribution >= 0.6 is 0 Å². The molecule has 0 spiro atoms. The van der Waals surface area contributed by atoms with E-state index >= 15 is 0 Å². The maximum Gasteiger partial charge on any atom is 0.145 e. The highest BCUT2D eigenvalue weighted by atomic mass is 16.6. The molecule has 2 nitrogen and oxygen atoms in total. The Hall–Kier alpha value is -1.30. The predicted molar refractivity (Wildman–Crippen MR) is 62.9 cm³/mol. The van der Waals surface area contributed by atoms with Gasteiger partial charge in [-0.3, -0.25) is 0 Å². The van der Waals surface area contributed by atoms with Crippen molar-refractivity contribution >= 4 is 0 Å². The first-order valence-corrected chi connectivity index (χ1v) is 5.73. The molecule has 1 heterocycles. The minimum absolute atomic E-state index is 0.110. The normalized spacial score (nSPS) is 22.3. The van der Waals surface area contributed by atoms with E-state index < -0.39 is 0 Å². The summed E-state index contributed by atoms with van der Waals surface area (Å²) >= 11 is 0. The van der Waals surface area contributed by atoms with E-state index in [1.54, 1.807) is 0 Å². The average Bonchev–Trinajstić information content (AvgIpc) is 3.07. The average molecular weight is 216 g/mol. The third kappa shape index (κ3) is 3.37. The second-order valence-corrected chi connectivity index (χ2v) is 3.95. The molecule has 84 valence electrons. The van der Waals surface area contributed by atoms with E-state index in [1.165, 1.54) is 0 Å². The number of rotatable bonds is 4. The summed E-state index contributed by atoms with van der Waals surface area (Å²) in [6.07, 6.45) is 3.29. The van der Waals surface area contributed by atoms with Crippen molar-refractivity contribution in [3.05, 3.63) is 35.9 Å². The Morgan fingerprint density at radius 1 is 1.19 bits per heavy atom. The smallest absolute Gasteiger partial charge is 0.145 e. The number of aliphatic hydroxyl groups excluding tert-OH is 1. The summed E-state index contributed by atoms with van der Waals surface area (Å²) < 4.78 is 5.43. The predicted octanol–water partition coefficient (Wildman–Crippen LogP) is 1.97. The molecule has 2 atom stereocenters. The lowest BCUT2D eigenvalue weighted by molar-refractivity contribution is 0.278. The number of benzene rings is 1. The van der Waals surface area contributed by atoms with E-state index in [-0.39, 0.29) is 12.7 Å². The number of ether oxygens (including phenoxy) is 1. The summed E-state index contributed by atoms with van der Waals surface area (Å²) in [5.74, 6) is 6.22. The highest BCUT2D eigenvalue weighted by Gasteiger charge is 2.36. The molecule has 2 rings (SSSR count). The van der Waals surface area contributed by atoms with Crippen LogP contribution in [0.25, 0.3) is 0 Å². The van der Waals surface area contributed by atoms with Crippen LogP contribution in [0.5, 0.6) is 0 Å². The Morgan fingerprint density at radius 3 is 2.75 bits per heavy atom. The van der Waals surface area contributed by atoms with Crippen LogP contribution in [0.4, 0.5) is 0 Å². The molecular weight excluding hydrogens is 200 g/mol. The summed E-state index contributed by atoms with van der Waals surface area (Å²) in [5, 5.41) is 8.65.